The minimum atomic E-state index is -1.20. The third kappa shape index (κ3) is 3.56. The molecule has 4 nitrogen and oxygen atoms in total. The predicted octanol–water partition coefficient (Wildman–Crippen LogP) is 2.62. The van der Waals surface area contributed by atoms with Gasteiger partial charge in [0.25, 0.3) is 0 Å². The van der Waals surface area contributed by atoms with Crippen LogP contribution in [0.3, 0.4) is 0 Å². The molecule has 21 heavy (non-hydrogen) atoms. The Kier molecular flexibility index (Phi) is 4.87. The number of Topliss-reactive ketones (excluding diaryl/α,β-unsaturated/α-hetero) is 2. The SMILES string of the molecule is Cc1ccc(C(=O)[C@@H](C#N)C(=O)C[C@H]2CCOC2)c(C)c1. The van der Waals surface area contributed by atoms with E-state index in [-0.39, 0.29) is 23.9 Å². The van der Waals surface area contributed by atoms with E-state index >= 15 is 0 Å². The van der Waals surface area contributed by atoms with Crippen LogP contribution in [0.5, 0.6) is 0 Å². The zero-order chi connectivity index (χ0) is 15.4. The van der Waals surface area contributed by atoms with Crippen molar-refractivity contribution >= 4 is 11.6 Å². The van der Waals surface area contributed by atoms with E-state index in [1.54, 1.807) is 6.07 Å². The molecular weight excluding hydrogens is 266 g/mol. The summed E-state index contributed by atoms with van der Waals surface area (Å²) in [6.45, 7) is 4.96. The van der Waals surface area contributed by atoms with Gasteiger partial charge in [0.2, 0.25) is 0 Å². The van der Waals surface area contributed by atoms with Gasteiger partial charge >= 0.3 is 0 Å². The van der Waals surface area contributed by atoms with E-state index in [9.17, 15) is 14.9 Å². The molecule has 0 aromatic heterocycles. The highest BCUT2D eigenvalue weighted by molar-refractivity contribution is 6.13. The van der Waals surface area contributed by atoms with Crippen molar-refractivity contribution in [3.05, 3.63) is 34.9 Å². The van der Waals surface area contributed by atoms with Gasteiger partial charge < -0.3 is 4.74 Å². The Morgan fingerprint density at radius 1 is 1.43 bits per heavy atom. The molecule has 1 aliphatic rings. The topological polar surface area (TPSA) is 67.2 Å². The molecule has 0 aliphatic carbocycles. The van der Waals surface area contributed by atoms with Crippen LogP contribution in [0, 0.1) is 37.0 Å². The molecule has 0 bridgehead atoms. The number of benzene rings is 1. The van der Waals surface area contributed by atoms with Crippen LogP contribution in [-0.2, 0) is 9.53 Å². The summed E-state index contributed by atoms with van der Waals surface area (Å²) in [5.41, 5.74) is 2.31. The fraction of sp³-hybridized carbons (Fsp3) is 0.471. The van der Waals surface area contributed by atoms with E-state index in [0.717, 1.165) is 17.5 Å². The number of rotatable bonds is 5. The van der Waals surface area contributed by atoms with Crippen molar-refractivity contribution in [1.29, 1.82) is 5.26 Å². The highest BCUT2D eigenvalue weighted by Gasteiger charge is 2.31. The number of carbonyl (C=O) groups excluding carboxylic acids is 2. The quantitative estimate of drug-likeness (QED) is 0.616. The Morgan fingerprint density at radius 3 is 2.76 bits per heavy atom. The molecular formula is C17H19NO3. The molecule has 2 atom stereocenters. The van der Waals surface area contributed by atoms with Crippen LogP contribution in [0.1, 0.15) is 34.3 Å². The van der Waals surface area contributed by atoms with Gasteiger partial charge in [-0.2, -0.15) is 5.26 Å². The van der Waals surface area contributed by atoms with Crippen molar-refractivity contribution in [3.8, 4) is 6.07 Å². The molecule has 0 saturated carbocycles. The summed E-state index contributed by atoms with van der Waals surface area (Å²) < 4.78 is 5.23. The Bertz CT molecular complexity index is 595. The standard InChI is InChI=1S/C17H19NO3/c1-11-3-4-14(12(2)7-11)17(20)15(9-18)16(19)8-13-5-6-21-10-13/h3-4,7,13,15H,5-6,8,10H2,1-2H3/t13-,15+/m1/s1. The maximum Gasteiger partial charge on any atom is 0.187 e. The highest BCUT2D eigenvalue weighted by atomic mass is 16.5. The third-order valence-corrected chi connectivity index (χ3v) is 3.87. The van der Waals surface area contributed by atoms with Crippen molar-refractivity contribution < 1.29 is 14.3 Å². The first kappa shape index (κ1) is 15.4. The fourth-order valence-corrected chi connectivity index (χ4v) is 2.67. The smallest absolute Gasteiger partial charge is 0.187 e. The lowest BCUT2D eigenvalue weighted by molar-refractivity contribution is -0.121. The first-order chi connectivity index (χ1) is 10.0. The summed E-state index contributed by atoms with van der Waals surface area (Å²) >= 11 is 0. The molecule has 0 unspecified atom stereocenters. The lowest BCUT2D eigenvalue weighted by Gasteiger charge is -2.12. The summed E-state index contributed by atoms with van der Waals surface area (Å²) in [6.07, 6.45) is 1.07. The largest absolute Gasteiger partial charge is 0.381 e. The zero-order valence-electron chi connectivity index (χ0n) is 12.4. The van der Waals surface area contributed by atoms with Crippen LogP contribution < -0.4 is 0 Å². The number of nitriles is 1. The fourth-order valence-electron chi connectivity index (χ4n) is 2.67. The highest BCUT2D eigenvalue weighted by Crippen LogP contribution is 2.22. The summed E-state index contributed by atoms with van der Waals surface area (Å²) in [5.74, 6) is -1.75. The van der Waals surface area contributed by atoms with Crippen molar-refractivity contribution in [1.82, 2.24) is 0 Å². The number of ether oxygens (including phenoxy) is 1. The zero-order valence-corrected chi connectivity index (χ0v) is 12.4. The molecule has 1 aromatic rings. The molecule has 0 spiro atoms. The number of hydrogen-bond acceptors (Lipinski definition) is 4. The Balaban J connectivity index is 2.14. The second-order valence-corrected chi connectivity index (χ2v) is 5.64. The van der Waals surface area contributed by atoms with Gasteiger partial charge in [0.05, 0.1) is 6.07 Å². The molecule has 0 amide bonds. The number of ketones is 2. The van der Waals surface area contributed by atoms with E-state index in [1.165, 1.54) is 0 Å². The minimum absolute atomic E-state index is 0.139. The van der Waals surface area contributed by atoms with E-state index in [4.69, 9.17) is 4.74 Å². The van der Waals surface area contributed by atoms with Crippen molar-refractivity contribution in [2.75, 3.05) is 13.2 Å². The maximum absolute atomic E-state index is 12.4. The Labute approximate surface area is 124 Å². The van der Waals surface area contributed by atoms with Gasteiger partial charge in [-0.1, -0.05) is 23.8 Å². The van der Waals surface area contributed by atoms with Crippen LogP contribution in [0.4, 0.5) is 0 Å². The van der Waals surface area contributed by atoms with Crippen LogP contribution in [0.2, 0.25) is 0 Å². The molecule has 1 fully saturated rings. The Morgan fingerprint density at radius 2 is 2.19 bits per heavy atom. The van der Waals surface area contributed by atoms with Crippen molar-refractivity contribution in [2.45, 2.75) is 26.7 Å². The second kappa shape index (κ2) is 6.64. The number of aryl methyl sites for hydroxylation is 2. The van der Waals surface area contributed by atoms with Gasteiger partial charge in [0.15, 0.2) is 17.5 Å². The molecule has 1 heterocycles. The summed E-state index contributed by atoms with van der Waals surface area (Å²) in [7, 11) is 0. The predicted molar refractivity (Wildman–Crippen MR) is 77.9 cm³/mol. The molecule has 2 rings (SSSR count). The third-order valence-electron chi connectivity index (χ3n) is 3.87. The van der Waals surface area contributed by atoms with Gasteiger partial charge in [0, 0.05) is 25.2 Å². The molecule has 1 aliphatic heterocycles. The summed E-state index contributed by atoms with van der Waals surface area (Å²) in [4.78, 5) is 24.7. The van der Waals surface area contributed by atoms with Gasteiger partial charge in [-0.05, 0) is 31.7 Å². The molecule has 0 radical (unpaired) electrons. The van der Waals surface area contributed by atoms with Crippen LogP contribution in [0.15, 0.2) is 18.2 Å². The van der Waals surface area contributed by atoms with Crippen LogP contribution in [0.25, 0.3) is 0 Å². The molecule has 110 valence electrons. The maximum atomic E-state index is 12.4. The lowest BCUT2D eigenvalue weighted by atomic mass is 9.87. The van der Waals surface area contributed by atoms with E-state index in [1.807, 2.05) is 32.0 Å². The van der Waals surface area contributed by atoms with Crippen molar-refractivity contribution in [3.63, 3.8) is 0 Å². The van der Waals surface area contributed by atoms with Crippen LogP contribution >= 0.6 is 0 Å². The number of nitrogens with zero attached hydrogens (tertiary/aromatic N) is 1. The van der Waals surface area contributed by atoms with Gasteiger partial charge in [0.1, 0.15) is 0 Å². The number of carbonyl (C=O) groups is 2. The van der Waals surface area contributed by atoms with Gasteiger partial charge in [-0.15, -0.1) is 0 Å². The van der Waals surface area contributed by atoms with Crippen LogP contribution in [-0.4, -0.2) is 24.8 Å². The molecule has 1 aromatic carbocycles. The molecule has 0 N–H and O–H groups in total. The summed E-state index contributed by atoms with van der Waals surface area (Å²) in [6, 6.07) is 7.28. The van der Waals surface area contributed by atoms with Gasteiger partial charge in [-0.25, -0.2) is 0 Å². The first-order valence-electron chi connectivity index (χ1n) is 7.14. The first-order valence-corrected chi connectivity index (χ1v) is 7.14. The normalized spacial score (nSPS) is 19.0. The minimum Gasteiger partial charge on any atom is -0.381 e. The second-order valence-electron chi connectivity index (χ2n) is 5.64. The lowest BCUT2D eigenvalue weighted by Crippen LogP contribution is -2.25. The molecule has 1 saturated heterocycles. The van der Waals surface area contributed by atoms with E-state index < -0.39 is 5.92 Å². The summed E-state index contributed by atoms with van der Waals surface area (Å²) in [5, 5.41) is 9.22. The number of hydrogen-bond donors (Lipinski definition) is 0. The average molecular weight is 285 g/mol. The monoisotopic (exact) mass is 285 g/mol. The average Bonchev–Trinajstić information content (AvgIpc) is 2.92. The van der Waals surface area contributed by atoms with E-state index in [0.29, 0.717) is 18.8 Å². The Hall–Kier alpha value is -1.99. The van der Waals surface area contributed by atoms with Gasteiger partial charge in [-0.3, -0.25) is 9.59 Å². The molecule has 4 heteroatoms. The van der Waals surface area contributed by atoms with E-state index in [2.05, 4.69) is 0 Å². The van der Waals surface area contributed by atoms with Crippen molar-refractivity contribution in [2.24, 2.45) is 11.8 Å².